The van der Waals surface area contributed by atoms with Gasteiger partial charge in [-0.25, -0.2) is 4.98 Å². The molecule has 7 heteroatoms. The first-order valence-electron chi connectivity index (χ1n) is 9.44. The summed E-state index contributed by atoms with van der Waals surface area (Å²) < 4.78 is 0. The van der Waals surface area contributed by atoms with Crippen molar-refractivity contribution >= 4 is 47.5 Å². The Bertz CT molecular complexity index is 760. The first-order valence-corrected chi connectivity index (χ1v) is 10.7. The van der Waals surface area contributed by atoms with Crippen LogP contribution in [0.1, 0.15) is 24.0 Å². The number of guanidine groups is 1. The minimum absolute atomic E-state index is 0. The Kier molecular flexibility index (Phi) is 9.37. The Balaban J connectivity index is 0.00000280. The summed E-state index contributed by atoms with van der Waals surface area (Å²) in [5.74, 6) is 1.98. The average Bonchev–Trinajstić information content (AvgIpc) is 3.24. The second-order valence-electron chi connectivity index (χ2n) is 6.82. The van der Waals surface area contributed by atoms with E-state index in [1.54, 1.807) is 11.8 Å². The van der Waals surface area contributed by atoms with Crippen molar-refractivity contribution in [3.05, 3.63) is 53.7 Å². The second kappa shape index (κ2) is 11.5. The van der Waals surface area contributed by atoms with Gasteiger partial charge in [0, 0.05) is 51.4 Å². The van der Waals surface area contributed by atoms with Crippen LogP contribution in [-0.4, -0.2) is 49.3 Å². The molecule has 1 aromatic carbocycles. The number of hydrogen-bond donors (Lipinski definition) is 1. The van der Waals surface area contributed by atoms with Crippen LogP contribution in [0.2, 0.25) is 0 Å². The summed E-state index contributed by atoms with van der Waals surface area (Å²) in [4.78, 5) is 14.8. The molecule has 1 saturated heterocycles. The maximum Gasteiger partial charge on any atom is 0.193 e. The third-order valence-electron chi connectivity index (χ3n) is 4.84. The Hall–Kier alpha value is -1.48. The zero-order chi connectivity index (χ0) is 19.1. The van der Waals surface area contributed by atoms with E-state index in [1.165, 1.54) is 28.9 Å². The summed E-state index contributed by atoms with van der Waals surface area (Å²) in [6, 6.07) is 13.0. The van der Waals surface area contributed by atoms with Crippen LogP contribution in [0, 0.1) is 0 Å². The number of hydrogen-bond acceptors (Lipinski definition) is 4. The minimum Gasteiger partial charge on any atom is -0.357 e. The first-order chi connectivity index (χ1) is 13.2. The van der Waals surface area contributed by atoms with E-state index in [9.17, 15) is 0 Å². The lowest BCUT2D eigenvalue weighted by atomic mass is 10.2. The molecule has 0 bridgehead atoms. The lowest BCUT2D eigenvalue weighted by molar-refractivity contribution is 0.476. The lowest BCUT2D eigenvalue weighted by Gasteiger charge is -2.23. The van der Waals surface area contributed by atoms with Crippen LogP contribution >= 0.6 is 35.7 Å². The van der Waals surface area contributed by atoms with E-state index in [-0.39, 0.29) is 24.0 Å². The fourth-order valence-corrected chi connectivity index (χ4v) is 3.74. The van der Waals surface area contributed by atoms with E-state index in [4.69, 9.17) is 0 Å². The van der Waals surface area contributed by atoms with Gasteiger partial charge in [0.25, 0.3) is 0 Å². The Labute approximate surface area is 190 Å². The fourth-order valence-electron chi connectivity index (χ4n) is 3.34. The number of thioether (sulfide) groups is 1. The molecule has 2 heterocycles. The molecular weight excluding hydrogens is 481 g/mol. The van der Waals surface area contributed by atoms with Crippen molar-refractivity contribution in [2.24, 2.45) is 4.99 Å². The zero-order valence-electron chi connectivity index (χ0n) is 16.9. The molecule has 5 nitrogen and oxygen atoms in total. The highest BCUT2D eigenvalue weighted by atomic mass is 127. The van der Waals surface area contributed by atoms with Crippen LogP contribution in [0.5, 0.6) is 0 Å². The number of pyridine rings is 1. The van der Waals surface area contributed by atoms with Crippen molar-refractivity contribution in [3.8, 4) is 0 Å². The Morgan fingerprint density at radius 1 is 1.18 bits per heavy atom. The summed E-state index contributed by atoms with van der Waals surface area (Å²) in [6.45, 7) is 3.79. The second-order valence-corrected chi connectivity index (χ2v) is 7.70. The van der Waals surface area contributed by atoms with Crippen LogP contribution in [-0.2, 0) is 13.1 Å². The standard InChI is InChI=1S/C21H29N5S.HI/c1-22-21(25(2)16-17-6-8-19(27-3)9-7-17)24-15-18-10-11-23-20(14-18)26-12-4-5-13-26;/h6-11,14H,4-5,12-13,15-16H2,1-3H3,(H,22,24);1H. The molecule has 0 amide bonds. The number of anilines is 1. The van der Waals surface area contributed by atoms with Crippen LogP contribution in [0.15, 0.2) is 52.5 Å². The van der Waals surface area contributed by atoms with Gasteiger partial charge in [-0.05, 0) is 54.5 Å². The van der Waals surface area contributed by atoms with E-state index in [2.05, 4.69) is 74.8 Å². The van der Waals surface area contributed by atoms with Gasteiger partial charge in [-0.3, -0.25) is 4.99 Å². The molecule has 1 fully saturated rings. The van der Waals surface area contributed by atoms with Crippen molar-refractivity contribution in [2.75, 3.05) is 38.3 Å². The summed E-state index contributed by atoms with van der Waals surface area (Å²) in [5, 5.41) is 3.47. The number of nitrogens with zero attached hydrogens (tertiary/aromatic N) is 4. The molecule has 0 radical (unpaired) electrons. The number of nitrogens with one attached hydrogen (secondary N) is 1. The number of aliphatic imine (C=N–C) groups is 1. The van der Waals surface area contributed by atoms with Gasteiger partial charge in [0.2, 0.25) is 0 Å². The minimum atomic E-state index is 0. The average molecular weight is 511 g/mol. The molecule has 1 N–H and O–H groups in total. The van der Waals surface area contributed by atoms with E-state index in [0.29, 0.717) is 0 Å². The quantitative estimate of drug-likeness (QED) is 0.272. The van der Waals surface area contributed by atoms with Gasteiger partial charge < -0.3 is 15.1 Å². The van der Waals surface area contributed by atoms with Crippen LogP contribution in [0.4, 0.5) is 5.82 Å². The number of aromatic nitrogens is 1. The number of rotatable bonds is 6. The van der Waals surface area contributed by atoms with Gasteiger partial charge in [0.1, 0.15) is 5.82 Å². The highest BCUT2D eigenvalue weighted by molar-refractivity contribution is 14.0. The first kappa shape index (κ1) is 22.8. The SMILES string of the molecule is CN=C(NCc1ccnc(N2CCCC2)c1)N(C)Cc1ccc(SC)cc1.I. The molecule has 1 aliphatic heterocycles. The normalized spacial score (nSPS) is 14.0. The summed E-state index contributed by atoms with van der Waals surface area (Å²) >= 11 is 1.76. The summed E-state index contributed by atoms with van der Waals surface area (Å²) in [5.41, 5.74) is 2.50. The van der Waals surface area contributed by atoms with Gasteiger partial charge in [-0.15, -0.1) is 35.7 Å². The monoisotopic (exact) mass is 511 g/mol. The molecule has 3 rings (SSSR count). The van der Waals surface area contributed by atoms with Crippen LogP contribution in [0.3, 0.4) is 0 Å². The molecule has 2 aromatic rings. The van der Waals surface area contributed by atoms with Crippen molar-refractivity contribution in [1.82, 2.24) is 15.2 Å². The Morgan fingerprint density at radius 2 is 1.89 bits per heavy atom. The van der Waals surface area contributed by atoms with Crippen LogP contribution in [0.25, 0.3) is 0 Å². The van der Waals surface area contributed by atoms with Crippen LogP contribution < -0.4 is 10.2 Å². The maximum atomic E-state index is 4.53. The van der Waals surface area contributed by atoms with Gasteiger partial charge in [0.15, 0.2) is 5.96 Å². The van der Waals surface area contributed by atoms with E-state index < -0.39 is 0 Å². The predicted octanol–water partition coefficient (Wildman–Crippen LogP) is 4.23. The highest BCUT2D eigenvalue weighted by Crippen LogP contribution is 2.18. The lowest BCUT2D eigenvalue weighted by Crippen LogP contribution is -2.38. The molecular formula is C21H30IN5S. The largest absolute Gasteiger partial charge is 0.357 e. The molecule has 0 unspecified atom stereocenters. The molecule has 0 atom stereocenters. The highest BCUT2D eigenvalue weighted by Gasteiger charge is 2.14. The Morgan fingerprint density at radius 3 is 2.54 bits per heavy atom. The molecule has 0 spiro atoms. The zero-order valence-corrected chi connectivity index (χ0v) is 20.0. The van der Waals surface area contributed by atoms with Gasteiger partial charge >= 0.3 is 0 Å². The summed E-state index contributed by atoms with van der Waals surface area (Å²) in [7, 11) is 3.90. The van der Waals surface area contributed by atoms with Gasteiger partial charge in [0.05, 0.1) is 0 Å². The van der Waals surface area contributed by atoms with Crippen molar-refractivity contribution in [1.29, 1.82) is 0 Å². The molecule has 0 saturated carbocycles. The van der Waals surface area contributed by atoms with E-state index in [1.807, 2.05) is 13.2 Å². The van der Waals surface area contributed by atoms with Crippen molar-refractivity contribution in [3.63, 3.8) is 0 Å². The van der Waals surface area contributed by atoms with Gasteiger partial charge in [-0.2, -0.15) is 0 Å². The smallest absolute Gasteiger partial charge is 0.193 e. The topological polar surface area (TPSA) is 43.8 Å². The molecule has 0 aliphatic carbocycles. The number of halogens is 1. The molecule has 1 aromatic heterocycles. The maximum absolute atomic E-state index is 4.53. The van der Waals surface area contributed by atoms with Crippen molar-refractivity contribution in [2.45, 2.75) is 30.8 Å². The van der Waals surface area contributed by atoms with E-state index in [0.717, 1.165) is 38.0 Å². The summed E-state index contributed by atoms with van der Waals surface area (Å²) in [6.07, 6.45) is 6.53. The van der Waals surface area contributed by atoms with Gasteiger partial charge in [-0.1, -0.05) is 12.1 Å². The third-order valence-corrected chi connectivity index (χ3v) is 5.59. The molecule has 28 heavy (non-hydrogen) atoms. The number of benzene rings is 1. The van der Waals surface area contributed by atoms with E-state index >= 15 is 0 Å². The fraction of sp³-hybridized carbons (Fsp3) is 0.429. The molecule has 1 aliphatic rings. The predicted molar refractivity (Wildman–Crippen MR) is 131 cm³/mol. The van der Waals surface area contributed by atoms with Crippen molar-refractivity contribution < 1.29 is 0 Å². The molecule has 152 valence electrons. The third kappa shape index (κ3) is 6.27.